The fourth-order valence-corrected chi connectivity index (χ4v) is 3.36. The fourth-order valence-electron chi connectivity index (χ4n) is 3.36. The normalized spacial score (nSPS) is 44.5. The predicted molar refractivity (Wildman–Crippen MR) is 50.3 cm³/mol. The molecule has 2 fully saturated rings. The second kappa shape index (κ2) is 3.09. The number of rotatable bonds is 1. The summed E-state index contributed by atoms with van der Waals surface area (Å²) in [5, 5.41) is 9.79. The number of carbonyl (C=O) groups is 1. The van der Waals surface area contributed by atoms with E-state index in [0.717, 1.165) is 25.7 Å². The third kappa shape index (κ3) is 1.23. The van der Waals surface area contributed by atoms with Gasteiger partial charge in [0.25, 0.3) is 0 Å². The highest BCUT2D eigenvalue weighted by molar-refractivity contribution is 5.83. The summed E-state index contributed by atoms with van der Waals surface area (Å²) in [6, 6.07) is 0. The lowest BCUT2D eigenvalue weighted by atomic mass is 9.65. The topological polar surface area (TPSA) is 37.3 Å². The monoisotopic (exact) mass is 182 g/mol. The van der Waals surface area contributed by atoms with Crippen LogP contribution in [-0.2, 0) is 4.79 Å². The van der Waals surface area contributed by atoms with Gasteiger partial charge in [-0.1, -0.05) is 12.8 Å². The molecule has 2 aliphatic rings. The molecule has 3 atom stereocenters. The van der Waals surface area contributed by atoms with E-state index in [1.54, 1.807) is 6.92 Å². The lowest BCUT2D eigenvalue weighted by molar-refractivity contribution is -0.132. The molecule has 0 aliphatic heterocycles. The second-order valence-electron chi connectivity index (χ2n) is 4.67. The minimum atomic E-state index is -0.204. The van der Waals surface area contributed by atoms with Crippen molar-refractivity contribution in [2.75, 3.05) is 0 Å². The summed E-state index contributed by atoms with van der Waals surface area (Å²) in [6.07, 6.45) is 5.99. The molecule has 1 N–H and O–H groups in total. The molecule has 74 valence electrons. The molecule has 13 heavy (non-hydrogen) atoms. The van der Waals surface area contributed by atoms with E-state index in [1.807, 2.05) is 0 Å². The number of aliphatic hydroxyl groups excluding tert-OH is 1. The van der Waals surface area contributed by atoms with Crippen molar-refractivity contribution in [3.63, 3.8) is 0 Å². The molecule has 2 aliphatic carbocycles. The highest BCUT2D eigenvalue weighted by atomic mass is 16.3. The van der Waals surface area contributed by atoms with Crippen LogP contribution in [0.25, 0.3) is 0 Å². The molecule has 0 aromatic carbocycles. The van der Waals surface area contributed by atoms with Gasteiger partial charge in [-0.25, -0.2) is 0 Å². The van der Waals surface area contributed by atoms with Crippen LogP contribution in [0.3, 0.4) is 0 Å². The summed E-state index contributed by atoms with van der Waals surface area (Å²) < 4.78 is 0. The van der Waals surface area contributed by atoms with Gasteiger partial charge in [0.1, 0.15) is 5.78 Å². The Balaban J connectivity index is 2.27. The fraction of sp³-hybridized carbons (Fsp3) is 0.909. The number of fused-ring (bicyclic) bond motifs is 1. The number of ketones is 1. The van der Waals surface area contributed by atoms with Gasteiger partial charge in [-0.05, 0) is 38.5 Å². The van der Waals surface area contributed by atoms with Crippen LogP contribution < -0.4 is 0 Å². The molecule has 0 saturated heterocycles. The lowest BCUT2D eigenvalue weighted by Gasteiger charge is -2.38. The van der Waals surface area contributed by atoms with E-state index in [2.05, 4.69) is 0 Å². The molecular weight excluding hydrogens is 164 g/mol. The minimum absolute atomic E-state index is 0.127. The Labute approximate surface area is 79.3 Å². The van der Waals surface area contributed by atoms with E-state index in [0.29, 0.717) is 5.78 Å². The Bertz CT molecular complexity index is 220. The van der Waals surface area contributed by atoms with Gasteiger partial charge in [-0.2, -0.15) is 0 Å². The second-order valence-corrected chi connectivity index (χ2v) is 4.67. The van der Waals surface area contributed by atoms with Gasteiger partial charge in [0.05, 0.1) is 6.10 Å². The summed E-state index contributed by atoms with van der Waals surface area (Å²) in [5.74, 6) is 0.590. The molecule has 0 aromatic heterocycles. The van der Waals surface area contributed by atoms with Crippen molar-refractivity contribution in [2.45, 2.75) is 51.6 Å². The van der Waals surface area contributed by atoms with Crippen molar-refractivity contribution in [3.8, 4) is 0 Å². The van der Waals surface area contributed by atoms with Gasteiger partial charge in [0.2, 0.25) is 0 Å². The number of Topliss-reactive ketones (excluding diaryl/α,β-unsaturated/α-hetero) is 1. The predicted octanol–water partition coefficient (Wildman–Crippen LogP) is 1.91. The first kappa shape index (κ1) is 9.20. The first-order valence-electron chi connectivity index (χ1n) is 5.36. The van der Waals surface area contributed by atoms with Crippen LogP contribution in [0.1, 0.15) is 45.4 Å². The van der Waals surface area contributed by atoms with Crippen LogP contribution in [-0.4, -0.2) is 17.0 Å². The molecule has 0 aromatic rings. The minimum Gasteiger partial charge on any atom is -0.393 e. The average Bonchev–Trinajstić information content (AvgIpc) is 2.46. The number of hydrogen-bond donors (Lipinski definition) is 1. The summed E-state index contributed by atoms with van der Waals surface area (Å²) >= 11 is 0. The molecular formula is C11H18O2. The van der Waals surface area contributed by atoms with Crippen molar-refractivity contribution >= 4 is 5.78 Å². The first-order chi connectivity index (χ1) is 6.17. The van der Waals surface area contributed by atoms with Crippen molar-refractivity contribution in [3.05, 3.63) is 0 Å². The van der Waals surface area contributed by atoms with Gasteiger partial charge >= 0.3 is 0 Å². The van der Waals surface area contributed by atoms with E-state index in [1.165, 1.54) is 12.8 Å². The van der Waals surface area contributed by atoms with Gasteiger partial charge in [0, 0.05) is 5.41 Å². The maximum atomic E-state index is 11.6. The molecule has 0 radical (unpaired) electrons. The van der Waals surface area contributed by atoms with Crippen LogP contribution in [0.5, 0.6) is 0 Å². The zero-order valence-corrected chi connectivity index (χ0v) is 8.25. The van der Waals surface area contributed by atoms with Gasteiger partial charge in [-0.3, -0.25) is 4.79 Å². The Hall–Kier alpha value is -0.370. The maximum Gasteiger partial charge on any atom is 0.136 e. The van der Waals surface area contributed by atoms with Crippen molar-refractivity contribution in [2.24, 2.45) is 11.3 Å². The number of carbonyl (C=O) groups excluding carboxylic acids is 1. The third-order valence-corrected chi connectivity index (χ3v) is 4.15. The molecule has 2 heteroatoms. The zero-order valence-electron chi connectivity index (χ0n) is 8.25. The number of hydrogen-bond acceptors (Lipinski definition) is 2. The average molecular weight is 182 g/mol. The molecule has 2 rings (SSSR count). The van der Waals surface area contributed by atoms with Crippen LogP contribution in [0, 0.1) is 11.3 Å². The Kier molecular flexibility index (Phi) is 2.18. The summed E-state index contributed by atoms with van der Waals surface area (Å²) in [5.41, 5.74) is -0.127. The van der Waals surface area contributed by atoms with E-state index in [9.17, 15) is 9.90 Å². The quantitative estimate of drug-likeness (QED) is 0.672. The molecule has 2 nitrogen and oxygen atoms in total. The molecule has 2 saturated carbocycles. The van der Waals surface area contributed by atoms with Crippen LogP contribution in [0.2, 0.25) is 0 Å². The van der Waals surface area contributed by atoms with Gasteiger partial charge in [0.15, 0.2) is 0 Å². The standard InChI is InChI=1S/C11H18O2/c1-8(12)11-6-3-2-4-9(11)10(13)5-7-11/h9-10,13H,2-7H2,1H3. The van der Waals surface area contributed by atoms with E-state index in [4.69, 9.17) is 0 Å². The Morgan fingerprint density at radius 3 is 2.69 bits per heavy atom. The summed E-state index contributed by atoms with van der Waals surface area (Å²) in [7, 11) is 0. The summed E-state index contributed by atoms with van der Waals surface area (Å²) in [6.45, 7) is 1.70. The highest BCUT2D eigenvalue weighted by Crippen LogP contribution is 2.52. The SMILES string of the molecule is CC(=O)C12CCCCC1C(O)CC2. The molecule has 0 bridgehead atoms. The Morgan fingerprint density at radius 1 is 1.31 bits per heavy atom. The first-order valence-corrected chi connectivity index (χ1v) is 5.36. The molecule has 0 amide bonds. The van der Waals surface area contributed by atoms with E-state index in [-0.39, 0.29) is 17.4 Å². The number of aliphatic hydroxyl groups is 1. The Morgan fingerprint density at radius 2 is 2.08 bits per heavy atom. The van der Waals surface area contributed by atoms with Crippen molar-refractivity contribution in [1.29, 1.82) is 0 Å². The van der Waals surface area contributed by atoms with Gasteiger partial charge < -0.3 is 5.11 Å². The third-order valence-electron chi connectivity index (χ3n) is 4.15. The molecule has 0 heterocycles. The van der Waals surface area contributed by atoms with Crippen molar-refractivity contribution in [1.82, 2.24) is 0 Å². The smallest absolute Gasteiger partial charge is 0.136 e. The van der Waals surface area contributed by atoms with Crippen molar-refractivity contribution < 1.29 is 9.90 Å². The maximum absolute atomic E-state index is 11.6. The highest BCUT2D eigenvalue weighted by Gasteiger charge is 2.51. The van der Waals surface area contributed by atoms with Crippen LogP contribution in [0.15, 0.2) is 0 Å². The summed E-state index contributed by atoms with van der Waals surface area (Å²) in [4.78, 5) is 11.6. The van der Waals surface area contributed by atoms with Gasteiger partial charge in [-0.15, -0.1) is 0 Å². The van der Waals surface area contributed by atoms with Crippen LogP contribution in [0.4, 0.5) is 0 Å². The zero-order chi connectivity index (χ0) is 9.47. The largest absolute Gasteiger partial charge is 0.393 e. The molecule has 0 spiro atoms. The lowest BCUT2D eigenvalue weighted by Crippen LogP contribution is -2.39. The van der Waals surface area contributed by atoms with E-state index >= 15 is 0 Å². The van der Waals surface area contributed by atoms with E-state index < -0.39 is 0 Å². The molecule has 3 unspecified atom stereocenters. The van der Waals surface area contributed by atoms with Crippen LogP contribution >= 0.6 is 0 Å².